The van der Waals surface area contributed by atoms with Crippen LogP contribution >= 0.6 is 22.9 Å². The minimum Gasteiger partial charge on any atom is -0.447 e. The molecule has 0 atom stereocenters. The number of nitrogens with zero attached hydrogens (tertiary/aromatic N) is 2. The molecule has 0 aromatic carbocycles. The normalized spacial score (nSPS) is 21.0. The van der Waals surface area contributed by atoms with Crippen LogP contribution in [0.15, 0.2) is 34.9 Å². The van der Waals surface area contributed by atoms with Gasteiger partial charge in [0, 0.05) is 24.7 Å². The van der Waals surface area contributed by atoms with Crippen molar-refractivity contribution in [1.82, 2.24) is 9.88 Å². The highest BCUT2D eigenvalue weighted by Crippen LogP contribution is 2.34. The molecule has 0 radical (unpaired) electrons. The first-order valence-electron chi connectivity index (χ1n) is 11.1. The number of rotatable bonds is 5. The fraction of sp³-hybridized carbons (Fsp3) is 0.391. The zero-order valence-corrected chi connectivity index (χ0v) is 19.8. The van der Waals surface area contributed by atoms with E-state index in [4.69, 9.17) is 20.8 Å². The van der Waals surface area contributed by atoms with E-state index in [2.05, 4.69) is 15.6 Å². The Labute approximate surface area is 204 Å². The molecular formula is C23H23ClN4O5S. The molecule has 1 saturated carbocycles. The van der Waals surface area contributed by atoms with E-state index in [9.17, 15) is 14.4 Å². The Morgan fingerprint density at radius 1 is 1.15 bits per heavy atom. The monoisotopic (exact) mass is 502 g/mol. The molecule has 11 heteroatoms. The molecule has 3 aromatic rings. The minimum absolute atomic E-state index is 0.0118. The third-order valence-electron chi connectivity index (χ3n) is 6.24. The summed E-state index contributed by atoms with van der Waals surface area (Å²) in [5.41, 5.74) is 1.07. The Morgan fingerprint density at radius 2 is 1.97 bits per heavy atom. The highest BCUT2D eigenvalue weighted by molar-refractivity contribution is 7.20. The molecule has 0 spiro atoms. The molecule has 1 aliphatic carbocycles. The molecule has 2 N–H and O–H groups in total. The number of amides is 3. The van der Waals surface area contributed by atoms with Gasteiger partial charge in [0.15, 0.2) is 5.58 Å². The zero-order chi connectivity index (χ0) is 23.7. The van der Waals surface area contributed by atoms with Crippen molar-refractivity contribution in [3.63, 3.8) is 0 Å². The number of ether oxygens (including phenoxy) is 1. The molecule has 178 valence electrons. The van der Waals surface area contributed by atoms with Crippen molar-refractivity contribution >= 4 is 62.4 Å². The van der Waals surface area contributed by atoms with E-state index in [0.29, 0.717) is 46.4 Å². The van der Waals surface area contributed by atoms with Gasteiger partial charge in [-0.05, 0) is 49.9 Å². The smallest absolute Gasteiger partial charge is 0.294 e. The number of carbonyl (C=O) groups excluding carboxylic acids is 3. The summed E-state index contributed by atoms with van der Waals surface area (Å²) in [6.07, 6.45) is 4.39. The largest absolute Gasteiger partial charge is 0.447 e. The second-order valence-electron chi connectivity index (χ2n) is 8.35. The second kappa shape index (κ2) is 9.73. The number of furan rings is 1. The lowest BCUT2D eigenvalue weighted by molar-refractivity contribution is -0.146. The summed E-state index contributed by atoms with van der Waals surface area (Å²) in [6.45, 7) is 1.28. The van der Waals surface area contributed by atoms with Crippen LogP contribution in [0.2, 0.25) is 4.34 Å². The molecule has 0 bridgehead atoms. The second-order valence-corrected chi connectivity index (χ2v) is 10.1. The fourth-order valence-electron chi connectivity index (χ4n) is 4.55. The van der Waals surface area contributed by atoms with E-state index in [1.54, 1.807) is 30.5 Å². The Balaban J connectivity index is 1.30. The van der Waals surface area contributed by atoms with Crippen LogP contribution in [-0.2, 0) is 14.3 Å². The van der Waals surface area contributed by atoms with Crippen LogP contribution < -0.4 is 10.6 Å². The number of aromatic nitrogens is 1. The van der Waals surface area contributed by atoms with E-state index in [-0.39, 0.29) is 41.8 Å². The van der Waals surface area contributed by atoms with Gasteiger partial charge in [0.2, 0.25) is 17.6 Å². The number of anilines is 2. The predicted molar refractivity (Wildman–Crippen MR) is 128 cm³/mol. The lowest BCUT2D eigenvalue weighted by Gasteiger charge is -2.38. The number of hydrogen-bond acceptors (Lipinski definition) is 7. The maximum atomic E-state index is 13.2. The predicted octanol–water partition coefficient (Wildman–Crippen LogP) is 4.15. The summed E-state index contributed by atoms with van der Waals surface area (Å²) in [7, 11) is 0. The van der Waals surface area contributed by atoms with Gasteiger partial charge in [-0.2, -0.15) is 0 Å². The van der Waals surface area contributed by atoms with Gasteiger partial charge in [-0.3, -0.25) is 19.4 Å². The first kappa shape index (κ1) is 22.8. The van der Waals surface area contributed by atoms with Gasteiger partial charge in [-0.25, -0.2) is 0 Å². The van der Waals surface area contributed by atoms with E-state index in [0.717, 1.165) is 12.8 Å². The van der Waals surface area contributed by atoms with Crippen LogP contribution in [0.25, 0.3) is 11.1 Å². The van der Waals surface area contributed by atoms with Crippen LogP contribution in [0.1, 0.15) is 36.2 Å². The molecule has 1 saturated heterocycles. The summed E-state index contributed by atoms with van der Waals surface area (Å²) < 4.78 is 11.5. The molecule has 34 heavy (non-hydrogen) atoms. The highest BCUT2D eigenvalue weighted by Gasteiger charge is 2.34. The van der Waals surface area contributed by atoms with Gasteiger partial charge in [0.05, 0.1) is 15.9 Å². The van der Waals surface area contributed by atoms with E-state index >= 15 is 0 Å². The van der Waals surface area contributed by atoms with Crippen LogP contribution in [0.4, 0.5) is 10.7 Å². The first-order valence-corrected chi connectivity index (χ1v) is 12.3. The Morgan fingerprint density at radius 3 is 2.71 bits per heavy atom. The number of morpholine rings is 1. The maximum Gasteiger partial charge on any atom is 0.294 e. The molecule has 9 nitrogen and oxygen atoms in total. The number of thiophene rings is 1. The van der Waals surface area contributed by atoms with Gasteiger partial charge in [0.1, 0.15) is 17.8 Å². The Bertz CT molecular complexity index is 1230. The lowest BCUT2D eigenvalue weighted by Crippen LogP contribution is -2.49. The van der Waals surface area contributed by atoms with Crippen molar-refractivity contribution in [1.29, 1.82) is 0 Å². The molecule has 4 heterocycles. The molecule has 2 aliphatic rings. The van der Waals surface area contributed by atoms with Gasteiger partial charge in [-0.1, -0.05) is 11.6 Å². The molecule has 3 aromatic heterocycles. The first-order chi connectivity index (χ1) is 16.5. The highest BCUT2D eigenvalue weighted by atomic mass is 35.5. The number of nitrogens with one attached hydrogen (secondary N) is 2. The number of pyridine rings is 1. The average Bonchev–Trinajstić information content (AvgIpc) is 3.42. The van der Waals surface area contributed by atoms with Crippen molar-refractivity contribution in [2.45, 2.75) is 31.7 Å². The third kappa shape index (κ3) is 4.66. The molecule has 3 amide bonds. The average molecular weight is 503 g/mol. The number of fused-ring (bicyclic) bond motifs is 1. The molecule has 0 unspecified atom stereocenters. The van der Waals surface area contributed by atoms with Crippen LogP contribution in [0.5, 0.6) is 0 Å². The number of carbonyl (C=O) groups is 3. The van der Waals surface area contributed by atoms with Gasteiger partial charge < -0.3 is 24.7 Å². The van der Waals surface area contributed by atoms with Crippen molar-refractivity contribution in [3.05, 3.63) is 40.6 Å². The van der Waals surface area contributed by atoms with Gasteiger partial charge in [0.25, 0.3) is 5.91 Å². The number of hydrogen-bond donors (Lipinski definition) is 2. The Kier molecular flexibility index (Phi) is 6.53. The topological polar surface area (TPSA) is 114 Å². The maximum absolute atomic E-state index is 13.2. The van der Waals surface area contributed by atoms with Crippen LogP contribution in [0, 0.1) is 5.92 Å². The molecule has 1 aliphatic heterocycles. The van der Waals surface area contributed by atoms with E-state index < -0.39 is 5.91 Å². The standard InChI is InChI=1S/C23H23ClN4O5S/c24-16-7-8-17(34-16)26-23(31)21-20(19-15(33-21)2-1-9-25-19)27-22(30)13-3-5-14(6-4-13)28-10-11-32-12-18(28)29/h1-2,7-9,13-14H,3-6,10-12H2,(H,26,31)(H,27,30)/t13-,14-. The van der Waals surface area contributed by atoms with Crippen molar-refractivity contribution in [3.8, 4) is 0 Å². The summed E-state index contributed by atoms with van der Waals surface area (Å²) in [5.74, 6) is -0.917. The summed E-state index contributed by atoms with van der Waals surface area (Å²) in [6, 6.07) is 6.91. The summed E-state index contributed by atoms with van der Waals surface area (Å²) in [4.78, 5) is 44.4. The fourth-order valence-corrected chi connectivity index (χ4v) is 5.48. The summed E-state index contributed by atoms with van der Waals surface area (Å²) in [5, 5.41) is 6.22. The molecule has 5 rings (SSSR count). The van der Waals surface area contributed by atoms with Gasteiger partial charge >= 0.3 is 0 Å². The van der Waals surface area contributed by atoms with Crippen molar-refractivity contribution in [2.75, 3.05) is 30.4 Å². The quantitative estimate of drug-likeness (QED) is 0.541. The van der Waals surface area contributed by atoms with Crippen molar-refractivity contribution < 1.29 is 23.5 Å². The van der Waals surface area contributed by atoms with Crippen LogP contribution in [0.3, 0.4) is 0 Å². The lowest BCUT2D eigenvalue weighted by atomic mass is 9.84. The van der Waals surface area contributed by atoms with E-state index in [1.807, 2.05) is 4.90 Å². The molecule has 2 fully saturated rings. The number of halogens is 1. The van der Waals surface area contributed by atoms with Crippen molar-refractivity contribution in [2.24, 2.45) is 5.92 Å². The zero-order valence-electron chi connectivity index (χ0n) is 18.2. The molecular weight excluding hydrogens is 480 g/mol. The van der Waals surface area contributed by atoms with Crippen LogP contribution in [-0.4, -0.2) is 53.4 Å². The third-order valence-corrected chi connectivity index (χ3v) is 7.39. The SMILES string of the molecule is O=C(Nc1ccc(Cl)s1)c1oc2cccnc2c1NC(=O)[C@H]1CC[C@H](N2CCOCC2=O)CC1. The summed E-state index contributed by atoms with van der Waals surface area (Å²) >= 11 is 7.18. The van der Waals surface area contributed by atoms with E-state index in [1.165, 1.54) is 11.3 Å². The van der Waals surface area contributed by atoms with Gasteiger partial charge in [-0.15, -0.1) is 11.3 Å². The minimum atomic E-state index is -0.499. The Hall–Kier alpha value is -2.95.